The van der Waals surface area contributed by atoms with Gasteiger partial charge < -0.3 is 15.8 Å². The third-order valence-corrected chi connectivity index (χ3v) is 2.49. The van der Waals surface area contributed by atoms with Gasteiger partial charge in [0.25, 0.3) is 0 Å². The topological polar surface area (TPSA) is 64.3 Å². The van der Waals surface area contributed by atoms with Crippen LogP contribution in [0, 0.1) is 0 Å². The third kappa shape index (κ3) is 4.44. The lowest BCUT2D eigenvalue weighted by Crippen LogP contribution is -2.07. The Kier molecular flexibility index (Phi) is 5.49. The first kappa shape index (κ1) is 13.5. The summed E-state index contributed by atoms with van der Waals surface area (Å²) < 4.78 is 5.19. The van der Waals surface area contributed by atoms with E-state index in [0.717, 1.165) is 24.9 Å². The SMILES string of the molecule is COc1ccc(CCCCN)cc1NC(C)=O. The Morgan fingerprint density at radius 2 is 2.18 bits per heavy atom. The molecular weight excluding hydrogens is 216 g/mol. The molecule has 0 aliphatic heterocycles. The Hall–Kier alpha value is -1.55. The van der Waals surface area contributed by atoms with Gasteiger partial charge in [-0.25, -0.2) is 0 Å². The molecule has 0 unspecified atom stereocenters. The minimum atomic E-state index is -0.0950. The molecule has 4 nitrogen and oxygen atoms in total. The number of methoxy groups -OCH3 is 1. The largest absolute Gasteiger partial charge is 0.495 e. The number of unbranched alkanes of at least 4 members (excludes halogenated alkanes) is 1. The van der Waals surface area contributed by atoms with Gasteiger partial charge in [-0.05, 0) is 43.5 Å². The first-order valence-corrected chi connectivity index (χ1v) is 5.82. The van der Waals surface area contributed by atoms with Gasteiger partial charge in [-0.2, -0.15) is 0 Å². The minimum Gasteiger partial charge on any atom is -0.495 e. The van der Waals surface area contributed by atoms with Crippen LogP contribution in [0.2, 0.25) is 0 Å². The molecular formula is C13H20N2O2. The van der Waals surface area contributed by atoms with Crippen molar-refractivity contribution in [2.45, 2.75) is 26.2 Å². The molecule has 0 heterocycles. The molecule has 1 rings (SSSR count). The Bertz CT molecular complexity index is 378. The van der Waals surface area contributed by atoms with E-state index in [1.807, 2.05) is 18.2 Å². The number of carbonyl (C=O) groups excluding carboxylic acids is 1. The summed E-state index contributed by atoms with van der Waals surface area (Å²) in [4.78, 5) is 11.1. The smallest absolute Gasteiger partial charge is 0.221 e. The van der Waals surface area contributed by atoms with Gasteiger partial charge in [0.1, 0.15) is 5.75 Å². The molecule has 1 aromatic rings. The van der Waals surface area contributed by atoms with Gasteiger partial charge in [-0.3, -0.25) is 4.79 Å². The zero-order chi connectivity index (χ0) is 12.7. The molecule has 0 bridgehead atoms. The van der Waals surface area contributed by atoms with Gasteiger partial charge in [-0.15, -0.1) is 0 Å². The summed E-state index contributed by atoms with van der Waals surface area (Å²) in [5.74, 6) is 0.588. The van der Waals surface area contributed by atoms with E-state index < -0.39 is 0 Å². The summed E-state index contributed by atoms with van der Waals surface area (Å²) in [5.41, 5.74) is 7.37. The van der Waals surface area contributed by atoms with Gasteiger partial charge in [-0.1, -0.05) is 6.07 Å². The number of carbonyl (C=O) groups is 1. The minimum absolute atomic E-state index is 0.0950. The molecule has 0 radical (unpaired) electrons. The fourth-order valence-corrected chi connectivity index (χ4v) is 1.67. The number of anilines is 1. The zero-order valence-corrected chi connectivity index (χ0v) is 10.5. The number of nitrogens with one attached hydrogen (secondary N) is 1. The maximum Gasteiger partial charge on any atom is 0.221 e. The second-order valence-electron chi connectivity index (χ2n) is 3.96. The summed E-state index contributed by atoms with van der Waals surface area (Å²) in [6, 6.07) is 5.85. The number of nitrogens with two attached hydrogens (primary N) is 1. The number of hydrogen-bond donors (Lipinski definition) is 2. The van der Waals surface area contributed by atoms with Crippen LogP contribution in [0.3, 0.4) is 0 Å². The first-order valence-electron chi connectivity index (χ1n) is 5.82. The maximum atomic E-state index is 11.1. The van der Waals surface area contributed by atoms with Crippen molar-refractivity contribution < 1.29 is 9.53 Å². The highest BCUT2D eigenvalue weighted by molar-refractivity contribution is 5.90. The molecule has 3 N–H and O–H groups in total. The second kappa shape index (κ2) is 6.91. The summed E-state index contributed by atoms with van der Waals surface area (Å²) in [7, 11) is 1.59. The molecule has 4 heteroatoms. The van der Waals surface area contributed by atoms with E-state index in [2.05, 4.69) is 5.32 Å². The molecule has 0 atom stereocenters. The Balaban J connectivity index is 2.77. The summed E-state index contributed by atoms with van der Waals surface area (Å²) in [6.07, 6.45) is 3.04. The van der Waals surface area contributed by atoms with Gasteiger partial charge in [0.05, 0.1) is 12.8 Å². The molecule has 0 saturated heterocycles. The van der Waals surface area contributed by atoms with Crippen molar-refractivity contribution in [1.82, 2.24) is 0 Å². The highest BCUT2D eigenvalue weighted by atomic mass is 16.5. The predicted octanol–water partition coefficient (Wildman–Crippen LogP) is 1.93. The number of hydrogen-bond acceptors (Lipinski definition) is 3. The Morgan fingerprint density at radius 3 is 2.76 bits per heavy atom. The third-order valence-electron chi connectivity index (χ3n) is 2.49. The molecule has 0 aliphatic rings. The summed E-state index contributed by atoms with van der Waals surface area (Å²) in [6.45, 7) is 2.20. The van der Waals surface area contributed by atoms with Crippen LogP contribution >= 0.6 is 0 Å². The van der Waals surface area contributed by atoms with Crippen LogP contribution in [0.15, 0.2) is 18.2 Å². The average Bonchev–Trinajstić information content (AvgIpc) is 2.29. The van der Waals surface area contributed by atoms with Crippen molar-refractivity contribution in [2.24, 2.45) is 5.73 Å². The second-order valence-corrected chi connectivity index (χ2v) is 3.96. The lowest BCUT2D eigenvalue weighted by Gasteiger charge is -2.11. The van der Waals surface area contributed by atoms with E-state index in [9.17, 15) is 4.79 Å². The van der Waals surface area contributed by atoms with Crippen molar-refractivity contribution in [1.29, 1.82) is 0 Å². The van der Waals surface area contributed by atoms with E-state index in [1.165, 1.54) is 12.5 Å². The van der Waals surface area contributed by atoms with Crippen LogP contribution < -0.4 is 15.8 Å². The van der Waals surface area contributed by atoms with Gasteiger partial charge in [0, 0.05) is 6.92 Å². The van der Waals surface area contributed by atoms with Crippen molar-refractivity contribution in [3.05, 3.63) is 23.8 Å². The summed E-state index contributed by atoms with van der Waals surface area (Å²) >= 11 is 0. The molecule has 1 aromatic carbocycles. The number of amides is 1. The van der Waals surface area contributed by atoms with Crippen molar-refractivity contribution in [3.63, 3.8) is 0 Å². The van der Waals surface area contributed by atoms with E-state index in [-0.39, 0.29) is 5.91 Å². The fraction of sp³-hybridized carbons (Fsp3) is 0.462. The van der Waals surface area contributed by atoms with Gasteiger partial charge in [0.15, 0.2) is 0 Å². The molecule has 0 spiro atoms. The monoisotopic (exact) mass is 236 g/mol. The quantitative estimate of drug-likeness (QED) is 0.742. The first-order chi connectivity index (χ1) is 8.17. The van der Waals surface area contributed by atoms with Crippen LogP contribution in [0.25, 0.3) is 0 Å². The van der Waals surface area contributed by atoms with Crippen molar-refractivity contribution in [2.75, 3.05) is 19.0 Å². The number of benzene rings is 1. The molecule has 0 saturated carbocycles. The van der Waals surface area contributed by atoms with Gasteiger partial charge in [0.2, 0.25) is 5.91 Å². The highest BCUT2D eigenvalue weighted by Crippen LogP contribution is 2.26. The maximum absolute atomic E-state index is 11.1. The van der Waals surface area contributed by atoms with Crippen LogP contribution in [0.4, 0.5) is 5.69 Å². The number of rotatable bonds is 6. The number of aryl methyl sites for hydroxylation is 1. The van der Waals surface area contributed by atoms with Crippen LogP contribution in [0.1, 0.15) is 25.3 Å². The van der Waals surface area contributed by atoms with Crippen LogP contribution in [-0.2, 0) is 11.2 Å². The predicted molar refractivity (Wildman–Crippen MR) is 69.3 cm³/mol. The number of ether oxygens (including phenoxy) is 1. The Morgan fingerprint density at radius 1 is 1.41 bits per heavy atom. The average molecular weight is 236 g/mol. The lowest BCUT2D eigenvalue weighted by molar-refractivity contribution is -0.114. The van der Waals surface area contributed by atoms with E-state index in [0.29, 0.717) is 12.3 Å². The molecule has 0 aliphatic carbocycles. The molecule has 17 heavy (non-hydrogen) atoms. The zero-order valence-electron chi connectivity index (χ0n) is 10.5. The molecule has 1 amide bonds. The molecule has 94 valence electrons. The Labute approximate surface area is 102 Å². The normalized spacial score (nSPS) is 10.1. The van der Waals surface area contributed by atoms with E-state index in [4.69, 9.17) is 10.5 Å². The molecule has 0 fully saturated rings. The standard InChI is InChI=1S/C13H20N2O2/c1-10(16)15-12-9-11(5-3-4-8-14)6-7-13(12)17-2/h6-7,9H,3-5,8,14H2,1-2H3,(H,15,16). The van der Waals surface area contributed by atoms with Crippen LogP contribution in [0.5, 0.6) is 5.75 Å². The van der Waals surface area contributed by atoms with E-state index >= 15 is 0 Å². The van der Waals surface area contributed by atoms with E-state index in [1.54, 1.807) is 7.11 Å². The lowest BCUT2D eigenvalue weighted by atomic mass is 10.1. The summed E-state index contributed by atoms with van der Waals surface area (Å²) in [5, 5.41) is 2.77. The van der Waals surface area contributed by atoms with Crippen molar-refractivity contribution >= 4 is 11.6 Å². The fourth-order valence-electron chi connectivity index (χ4n) is 1.67. The van der Waals surface area contributed by atoms with Crippen LogP contribution in [-0.4, -0.2) is 19.6 Å². The molecule has 0 aromatic heterocycles. The highest BCUT2D eigenvalue weighted by Gasteiger charge is 2.05. The van der Waals surface area contributed by atoms with Crippen molar-refractivity contribution in [3.8, 4) is 5.75 Å². The van der Waals surface area contributed by atoms with Gasteiger partial charge >= 0.3 is 0 Å².